The Morgan fingerprint density at radius 2 is 2.21 bits per heavy atom. The van der Waals surface area contributed by atoms with E-state index in [0.717, 1.165) is 11.3 Å². The van der Waals surface area contributed by atoms with Crippen molar-refractivity contribution in [3.8, 4) is 0 Å². The highest BCUT2D eigenvalue weighted by molar-refractivity contribution is 7.13. The third-order valence-electron chi connectivity index (χ3n) is 3.13. The van der Waals surface area contributed by atoms with Gasteiger partial charge in [0.05, 0.1) is 16.0 Å². The van der Waals surface area contributed by atoms with Crippen molar-refractivity contribution in [3.63, 3.8) is 0 Å². The highest BCUT2D eigenvalue weighted by Gasteiger charge is 2.29. The van der Waals surface area contributed by atoms with Gasteiger partial charge in [-0.05, 0) is 12.8 Å². The van der Waals surface area contributed by atoms with Gasteiger partial charge in [-0.1, -0.05) is 25.2 Å². The maximum Gasteiger partial charge on any atom is 0.324 e. The lowest BCUT2D eigenvalue weighted by Crippen LogP contribution is -2.54. The normalized spacial score (nSPS) is 13.5. The number of nitro groups is 1. The summed E-state index contributed by atoms with van der Waals surface area (Å²) in [7, 11) is 0. The van der Waals surface area contributed by atoms with Gasteiger partial charge in [0.1, 0.15) is 0 Å². The molecular formula is C11H18ClN3O3S. The lowest BCUT2D eigenvalue weighted by Gasteiger charge is -2.33. The van der Waals surface area contributed by atoms with Gasteiger partial charge >= 0.3 is 5.00 Å². The molecule has 0 spiro atoms. The number of nitrogens with one attached hydrogen (secondary N) is 1. The van der Waals surface area contributed by atoms with E-state index in [0.29, 0.717) is 12.1 Å². The van der Waals surface area contributed by atoms with Crippen LogP contribution in [0.4, 0.5) is 5.00 Å². The standard InChI is InChI=1S/C11H17N3O3S.ClH/c1-7(2)11(3,6-12)13-10(15)8-4-9(14(16)17)18-5-8;/h4-5,7H,6,12H2,1-3H3,(H,13,15);1H. The highest BCUT2D eigenvalue weighted by atomic mass is 35.5. The molecule has 0 aliphatic heterocycles. The molecule has 8 heteroatoms. The summed E-state index contributed by atoms with van der Waals surface area (Å²) in [6, 6.07) is 1.28. The molecule has 0 saturated heterocycles. The van der Waals surface area contributed by atoms with Crippen LogP contribution in [0.25, 0.3) is 0 Å². The summed E-state index contributed by atoms with van der Waals surface area (Å²) in [4.78, 5) is 22.0. The monoisotopic (exact) mass is 307 g/mol. The van der Waals surface area contributed by atoms with Crippen molar-refractivity contribution in [1.29, 1.82) is 0 Å². The summed E-state index contributed by atoms with van der Waals surface area (Å²) in [5, 5.41) is 14.8. The van der Waals surface area contributed by atoms with E-state index in [9.17, 15) is 14.9 Å². The zero-order valence-electron chi connectivity index (χ0n) is 11.0. The Labute approximate surface area is 121 Å². The van der Waals surface area contributed by atoms with Crippen molar-refractivity contribution in [3.05, 3.63) is 27.1 Å². The van der Waals surface area contributed by atoms with Crippen LogP contribution < -0.4 is 11.1 Å². The molecule has 1 aromatic rings. The van der Waals surface area contributed by atoms with Gasteiger partial charge in [0.15, 0.2) is 0 Å². The van der Waals surface area contributed by atoms with E-state index in [1.807, 2.05) is 20.8 Å². The molecule has 108 valence electrons. The molecule has 1 amide bonds. The average molecular weight is 308 g/mol. The van der Waals surface area contributed by atoms with E-state index < -0.39 is 10.5 Å². The maximum atomic E-state index is 12.0. The zero-order valence-corrected chi connectivity index (χ0v) is 12.6. The number of halogens is 1. The first-order chi connectivity index (χ1) is 8.30. The molecular weight excluding hydrogens is 290 g/mol. The molecule has 1 heterocycles. The molecule has 1 atom stereocenters. The van der Waals surface area contributed by atoms with Crippen molar-refractivity contribution in [2.75, 3.05) is 6.54 Å². The van der Waals surface area contributed by atoms with Gasteiger partial charge in [0.2, 0.25) is 0 Å². The molecule has 0 radical (unpaired) electrons. The van der Waals surface area contributed by atoms with Crippen LogP contribution in [-0.2, 0) is 0 Å². The van der Waals surface area contributed by atoms with E-state index in [1.165, 1.54) is 11.4 Å². The van der Waals surface area contributed by atoms with Crippen LogP contribution in [0.5, 0.6) is 0 Å². The Morgan fingerprint density at radius 3 is 2.58 bits per heavy atom. The number of amides is 1. The lowest BCUT2D eigenvalue weighted by molar-refractivity contribution is -0.380. The highest BCUT2D eigenvalue weighted by Crippen LogP contribution is 2.23. The van der Waals surface area contributed by atoms with Crippen molar-refractivity contribution in [2.24, 2.45) is 11.7 Å². The van der Waals surface area contributed by atoms with Gasteiger partial charge in [-0.3, -0.25) is 14.9 Å². The number of hydrogen-bond donors (Lipinski definition) is 2. The second-order valence-corrected chi connectivity index (χ2v) is 5.55. The fraction of sp³-hybridized carbons (Fsp3) is 0.545. The van der Waals surface area contributed by atoms with Crippen molar-refractivity contribution >= 4 is 34.7 Å². The maximum absolute atomic E-state index is 12.0. The molecule has 0 aliphatic rings. The van der Waals surface area contributed by atoms with Gasteiger partial charge in [-0.15, -0.1) is 12.4 Å². The molecule has 3 N–H and O–H groups in total. The van der Waals surface area contributed by atoms with Crippen LogP contribution in [0.1, 0.15) is 31.1 Å². The minimum atomic E-state index is -0.520. The SMILES string of the molecule is CC(C)C(C)(CN)NC(=O)c1csc([N+](=O)[O-])c1.Cl. The number of carbonyl (C=O) groups is 1. The van der Waals surface area contributed by atoms with Gasteiger partial charge < -0.3 is 11.1 Å². The van der Waals surface area contributed by atoms with Gasteiger partial charge in [-0.25, -0.2) is 0 Å². The van der Waals surface area contributed by atoms with Crippen LogP contribution in [-0.4, -0.2) is 22.9 Å². The van der Waals surface area contributed by atoms with Crippen LogP contribution in [0.15, 0.2) is 11.4 Å². The Balaban J connectivity index is 0.00000324. The van der Waals surface area contributed by atoms with Crippen molar-refractivity contribution < 1.29 is 9.72 Å². The largest absolute Gasteiger partial charge is 0.345 e. The van der Waals surface area contributed by atoms with Crippen LogP contribution in [0.2, 0.25) is 0 Å². The Hall–Kier alpha value is -1.18. The molecule has 0 bridgehead atoms. The molecule has 0 fully saturated rings. The predicted octanol–water partition coefficient (Wildman–Crippen LogP) is 2.18. The fourth-order valence-electron chi connectivity index (χ4n) is 1.30. The van der Waals surface area contributed by atoms with Crippen LogP contribution in [0.3, 0.4) is 0 Å². The summed E-state index contributed by atoms with van der Waals surface area (Å²) in [6.07, 6.45) is 0. The second-order valence-electron chi connectivity index (χ2n) is 4.66. The molecule has 1 unspecified atom stereocenters. The van der Waals surface area contributed by atoms with Crippen molar-refractivity contribution in [2.45, 2.75) is 26.3 Å². The number of nitrogens with two attached hydrogens (primary N) is 1. The third-order valence-corrected chi connectivity index (χ3v) is 4.01. The molecule has 0 saturated carbocycles. The molecule has 0 aromatic carbocycles. The van der Waals surface area contributed by atoms with Gasteiger partial charge in [-0.2, -0.15) is 0 Å². The van der Waals surface area contributed by atoms with Gasteiger partial charge in [0, 0.05) is 18.0 Å². The summed E-state index contributed by atoms with van der Waals surface area (Å²) in [5.41, 5.74) is 5.45. The van der Waals surface area contributed by atoms with Crippen LogP contribution >= 0.6 is 23.7 Å². The molecule has 1 aromatic heterocycles. The topological polar surface area (TPSA) is 98.3 Å². The first-order valence-electron chi connectivity index (χ1n) is 5.55. The van der Waals surface area contributed by atoms with E-state index in [2.05, 4.69) is 5.32 Å². The van der Waals surface area contributed by atoms with Gasteiger partial charge in [0.25, 0.3) is 5.91 Å². The second kappa shape index (κ2) is 6.83. The molecule has 0 aliphatic carbocycles. The number of nitrogens with zero attached hydrogens (tertiary/aromatic N) is 1. The Bertz CT molecular complexity index is 464. The number of hydrogen-bond acceptors (Lipinski definition) is 5. The van der Waals surface area contributed by atoms with Crippen molar-refractivity contribution in [1.82, 2.24) is 5.32 Å². The minimum Gasteiger partial charge on any atom is -0.345 e. The summed E-state index contributed by atoms with van der Waals surface area (Å²) in [5.74, 6) is -0.166. The smallest absolute Gasteiger partial charge is 0.324 e. The summed E-state index contributed by atoms with van der Waals surface area (Å²) in [6.45, 7) is 6.09. The van der Waals surface area contributed by atoms with E-state index in [4.69, 9.17) is 5.73 Å². The Kier molecular flexibility index (Phi) is 6.41. The first kappa shape index (κ1) is 17.8. The van der Waals surface area contributed by atoms with Crippen LogP contribution in [0, 0.1) is 16.0 Å². The fourth-order valence-corrected chi connectivity index (χ4v) is 2.01. The predicted molar refractivity (Wildman–Crippen MR) is 78.0 cm³/mol. The van der Waals surface area contributed by atoms with E-state index in [-0.39, 0.29) is 29.2 Å². The average Bonchev–Trinajstić information content (AvgIpc) is 2.77. The first-order valence-corrected chi connectivity index (χ1v) is 6.43. The quantitative estimate of drug-likeness (QED) is 0.643. The number of thiophene rings is 1. The summed E-state index contributed by atoms with van der Waals surface area (Å²) < 4.78 is 0. The molecule has 19 heavy (non-hydrogen) atoms. The number of carbonyl (C=O) groups excluding carboxylic acids is 1. The van der Waals surface area contributed by atoms with E-state index >= 15 is 0 Å². The number of rotatable bonds is 5. The lowest BCUT2D eigenvalue weighted by atomic mass is 9.88. The third kappa shape index (κ3) is 4.15. The Morgan fingerprint density at radius 1 is 1.63 bits per heavy atom. The summed E-state index contributed by atoms with van der Waals surface area (Å²) >= 11 is 0.937. The minimum absolute atomic E-state index is 0. The molecule has 1 rings (SSSR count). The zero-order chi connectivity index (χ0) is 13.9. The van der Waals surface area contributed by atoms with E-state index in [1.54, 1.807) is 0 Å². The molecule has 6 nitrogen and oxygen atoms in total.